The summed E-state index contributed by atoms with van der Waals surface area (Å²) in [6.07, 6.45) is 0.767. The zero-order chi connectivity index (χ0) is 11.3. The Morgan fingerprint density at radius 3 is 2.87 bits per heavy atom. The molecule has 0 atom stereocenters. The third-order valence-electron chi connectivity index (χ3n) is 2.13. The largest absolute Gasteiger partial charge is 0.508 e. The van der Waals surface area contributed by atoms with Gasteiger partial charge in [-0.3, -0.25) is 4.79 Å². The van der Waals surface area contributed by atoms with Crippen LogP contribution in [0, 0.1) is 6.92 Å². The second-order valence-electron chi connectivity index (χ2n) is 3.40. The average molecular weight is 208 g/mol. The van der Waals surface area contributed by atoms with Gasteiger partial charge in [0.2, 0.25) is 0 Å². The summed E-state index contributed by atoms with van der Waals surface area (Å²) < 4.78 is 0. The number of carbonyl (C=O) groups excluding carboxylic acids is 1. The van der Waals surface area contributed by atoms with Crippen molar-refractivity contribution in [2.75, 3.05) is 13.1 Å². The van der Waals surface area contributed by atoms with Crippen molar-refractivity contribution in [2.24, 2.45) is 5.73 Å². The Balaban J connectivity index is 2.62. The molecule has 15 heavy (non-hydrogen) atoms. The Bertz CT molecular complexity index is 350. The molecule has 0 aliphatic heterocycles. The molecule has 0 bridgehead atoms. The van der Waals surface area contributed by atoms with Gasteiger partial charge >= 0.3 is 0 Å². The second kappa shape index (κ2) is 5.36. The smallest absolute Gasteiger partial charge is 0.251 e. The third kappa shape index (κ3) is 3.25. The van der Waals surface area contributed by atoms with E-state index in [-0.39, 0.29) is 11.7 Å². The molecule has 4 nitrogen and oxygen atoms in total. The Morgan fingerprint density at radius 1 is 1.53 bits per heavy atom. The average Bonchev–Trinajstić information content (AvgIpc) is 2.22. The molecule has 0 unspecified atom stereocenters. The predicted molar refractivity (Wildman–Crippen MR) is 58.8 cm³/mol. The zero-order valence-electron chi connectivity index (χ0n) is 8.79. The number of benzene rings is 1. The summed E-state index contributed by atoms with van der Waals surface area (Å²) in [5, 5.41) is 12.0. The summed E-state index contributed by atoms with van der Waals surface area (Å²) in [5.74, 6) is 0.0695. The molecular formula is C11H16N2O2. The number of phenolic OH excluding ortho intramolecular Hbond substituents is 1. The van der Waals surface area contributed by atoms with E-state index in [0.717, 1.165) is 6.42 Å². The molecule has 1 amide bonds. The van der Waals surface area contributed by atoms with E-state index in [1.165, 1.54) is 6.07 Å². The standard InChI is InChI=1S/C11H16N2O2/c1-8-7-9(3-4-10(8)14)11(15)13-6-2-5-12/h3-4,7,14H,2,5-6,12H2,1H3,(H,13,15). The van der Waals surface area contributed by atoms with Gasteiger partial charge in [-0.15, -0.1) is 0 Å². The summed E-state index contributed by atoms with van der Waals surface area (Å²) >= 11 is 0. The van der Waals surface area contributed by atoms with Crippen LogP contribution < -0.4 is 11.1 Å². The summed E-state index contributed by atoms with van der Waals surface area (Å²) in [5.41, 5.74) is 6.57. The molecule has 82 valence electrons. The highest BCUT2D eigenvalue weighted by atomic mass is 16.3. The van der Waals surface area contributed by atoms with Gasteiger partial charge in [-0.05, 0) is 43.7 Å². The van der Waals surface area contributed by atoms with E-state index in [1.807, 2.05) is 0 Å². The van der Waals surface area contributed by atoms with Crippen molar-refractivity contribution in [1.82, 2.24) is 5.32 Å². The molecule has 0 saturated carbocycles. The fourth-order valence-corrected chi connectivity index (χ4v) is 1.20. The number of hydrogen-bond donors (Lipinski definition) is 3. The molecule has 1 rings (SSSR count). The van der Waals surface area contributed by atoms with E-state index in [2.05, 4.69) is 5.32 Å². The van der Waals surface area contributed by atoms with Gasteiger partial charge in [0.15, 0.2) is 0 Å². The van der Waals surface area contributed by atoms with Crippen molar-refractivity contribution in [2.45, 2.75) is 13.3 Å². The maximum Gasteiger partial charge on any atom is 0.251 e. The minimum absolute atomic E-state index is 0.133. The quantitative estimate of drug-likeness (QED) is 0.640. The molecule has 0 spiro atoms. The Labute approximate surface area is 89.1 Å². The van der Waals surface area contributed by atoms with Crippen LogP contribution in [0.4, 0.5) is 0 Å². The number of aryl methyl sites for hydroxylation is 1. The highest BCUT2D eigenvalue weighted by molar-refractivity contribution is 5.94. The first-order chi connectivity index (χ1) is 7.15. The molecule has 1 aromatic rings. The minimum Gasteiger partial charge on any atom is -0.508 e. The molecule has 1 aromatic carbocycles. The van der Waals surface area contributed by atoms with Crippen LogP contribution in [-0.4, -0.2) is 24.1 Å². The number of nitrogens with one attached hydrogen (secondary N) is 1. The van der Waals surface area contributed by atoms with Crippen molar-refractivity contribution in [3.05, 3.63) is 29.3 Å². The number of carbonyl (C=O) groups is 1. The SMILES string of the molecule is Cc1cc(C(=O)NCCCN)ccc1O. The fraction of sp³-hybridized carbons (Fsp3) is 0.364. The fourth-order valence-electron chi connectivity index (χ4n) is 1.20. The van der Waals surface area contributed by atoms with E-state index in [4.69, 9.17) is 5.73 Å². The van der Waals surface area contributed by atoms with Crippen LogP contribution in [-0.2, 0) is 0 Å². The molecule has 0 aliphatic carbocycles. The first kappa shape index (κ1) is 11.5. The van der Waals surface area contributed by atoms with Gasteiger partial charge in [0.05, 0.1) is 0 Å². The molecule has 0 fully saturated rings. The van der Waals surface area contributed by atoms with Gasteiger partial charge in [-0.2, -0.15) is 0 Å². The van der Waals surface area contributed by atoms with Crippen LogP contribution in [0.25, 0.3) is 0 Å². The van der Waals surface area contributed by atoms with E-state index in [9.17, 15) is 9.90 Å². The maximum absolute atomic E-state index is 11.5. The van der Waals surface area contributed by atoms with Crippen LogP contribution >= 0.6 is 0 Å². The molecule has 4 N–H and O–H groups in total. The third-order valence-corrected chi connectivity index (χ3v) is 2.13. The van der Waals surface area contributed by atoms with Crippen LogP contribution in [0.3, 0.4) is 0 Å². The van der Waals surface area contributed by atoms with Crippen molar-refractivity contribution in [3.8, 4) is 5.75 Å². The summed E-state index contributed by atoms with van der Waals surface area (Å²) in [4.78, 5) is 11.5. The normalized spacial score (nSPS) is 10.0. The Hall–Kier alpha value is -1.55. The Morgan fingerprint density at radius 2 is 2.27 bits per heavy atom. The van der Waals surface area contributed by atoms with Gasteiger partial charge < -0.3 is 16.2 Å². The minimum atomic E-state index is -0.133. The van der Waals surface area contributed by atoms with Crippen LogP contribution in [0.15, 0.2) is 18.2 Å². The summed E-state index contributed by atoms with van der Waals surface area (Å²) in [6, 6.07) is 4.78. The van der Waals surface area contributed by atoms with Crippen molar-refractivity contribution >= 4 is 5.91 Å². The van der Waals surface area contributed by atoms with Gasteiger partial charge in [0.25, 0.3) is 5.91 Å². The van der Waals surface area contributed by atoms with Gasteiger partial charge in [-0.1, -0.05) is 0 Å². The maximum atomic E-state index is 11.5. The second-order valence-corrected chi connectivity index (χ2v) is 3.40. The highest BCUT2D eigenvalue weighted by Gasteiger charge is 2.05. The van der Waals surface area contributed by atoms with E-state index in [1.54, 1.807) is 19.1 Å². The number of nitrogens with two attached hydrogens (primary N) is 1. The molecule has 0 aromatic heterocycles. The molecule has 4 heteroatoms. The lowest BCUT2D eigenvalue weighted by Gasteiger charge is -2.05. The highest BCUT2D eigenvalue weighted by Crippen LogP contribution is 2.16. The first-order valence-corrected chi connectivity index (χ1v) is 4.93. The monoisotopic (exact) mass is 208 g/mol. The van der Waals surface area contributed by atoms with Crippen LogP contribution in [0.2, 0.25) is 0 Å². The van der Waals surface area contributed by atoms with Crippen molar-refractivity contribution in [1.29, 1.82) is 0 Å². The number of rotatable bonds is 4. The van der Waals surface area contributed by atoms with E-state index < -0.39 is 0 Å². The molecule has 0 saturated heterocycles. The lowest BCUT2D eigenvalue weighted by atomic mass is 10.1. The number of phenols is 1. The molecular weight excluding hydrogens is 192 g/mol. The predicted octanol–water partition coefficient (Wildman–Crippen LogP) is 0.779. The van der Waals surface area contributed by atoms with Crippen LogP contribution in [0.5, 0.6) is 5.75 Å². The number of hydrogen-bond acceptors (Lipinski definition) is 3. The molecule has 0 radical (unpaired) electrons. The number of aromatic hydroxyl groups is 1. The lowest BCUT2D eigenvalue weighted by Crippen LogP contribution is -2.25. The first-order valence-electron chi connectivity index (χ1n) is 4.93. The van der Waals surface area contributed by atoms with Crippen LogP contribution in [0.1, 0.15) is 22.3 Å². The van der Waals surface area contributed by atoms with Crippen molar-refractivity contribution < 1.29 is 9.90 Å². The number of amides is 1. The van der Waals surface area contributed by atoms with E-state index >= 15 is 0 Å². The summed E-state index contributed by atoms with van der Waals surface area (Å²) in [7, 11) is 0. The Kier molecular flexibility index (Phi) is 4.12. The molecule has 0 heterocycles. The summed E-state index contributed by atoms with van der Waals surface area (Å²) in [6.45, 7) is 2.90. The zero-order valence-corrected chi connectivity index (χ0v) is 8.79. The van der Waals surface area contributed by atoms with Gasteiger partial charge in [0, 0.05) is 12.1 Å². The lowest BCUT2D eigenvalue weighted by molar-refractivity contribution is 0.0953. The van der Waals surface area contributed by atoms with E-state index in [0.29, 0.717) is 24.2 Å². The topological polar surface area (TPSA) is 75.4 Å². The van der Waals surface area contributed by atoms with Crippen molar-refractivity contribution in [3.63, 3.8) is 0 Å². The van der Waals surface area contributed by atoms with Gasteiger partial charge in [0.1, 0.15) is 5.75 Å². The molecule has 0 aliphatic rings. The van der Waals surface area contributed by atoms with Gasteiger partial charge in [-0.25, -0.2) is 0 Å².